The van der Waals surface area contributed by atoms with Crippen LogP contribution in [0, 0.1) is 0 Å². The summed E-state index contributed by atoms with van der Waals surface area (Å²) in [6, 6.07) is 57.5. The average molecular weight is 686 g/mol. The molecule has 7 aromatic carbocycles. The number of thiophene rings is 1. The van der Waals surface area contributed by atoms with E-state index in [1.807, 2.05) is 11.3 Å². The van der Waals surface area contributed by atoms with Crippen molar-refractivity contribution in [1.29, 1.82) is 0 Å². The fourth-order valence-corrected chi connectivity index (χ4v) is 11.5. The summed E-state index contributed by atoms with van der Waals surface area (Å²) in [4.78, 5) is 2.56. The number of nitrogens with zero attached hydrogens (tertiary/aromatic N) is 1. The van der Waals surface area contributed by atoms with Gasteiger partial charge >= 0.3 is 0 Å². The van der Waals surface area contributed by atoms with Gasteiger partial charge in [0.05, 0.1) is 5.69 Å². The first-order valence-electron chi connectivity index (χ1n) is 18.8. The van der Waals surface area contributed by atoms with E-state index in [4.69, 9.17) is 0 Å². The summed E-state index contributed by atoms with van der Waals surface area (Å²) in [5.41, 5.74) is 17.6. The Balaban J connectivity index is 1.15. The molecule has 0 amide bonds. The van der Waals surface area contributed by atoms with Crippen LogP contribution in [0.2, 0.25) is 0 Å². The molecule has 1 fully saturated rings. The highest BCUT2D eigenvalue weighted by Gasteiger charge is 2.45. The quantitative estimate of drug-likeness (QED) is 0.178. The summed E-state index contributed by atoms with van der Waals surface area (Å²) in [5, 5.41) is 2.64. The number of hydrogen-bond donors (Lipinski definition) is 0. The van der Waals surface area contributed by atoms with Crippen molar-refractivity contribution in [2.75, 3.05) is 4.90 Å². The van der Waals surface area contributed by atoms with E-state index in [1.54, 1.807) is 0 Å². The Hall–Kier alpha value is -5.44. The molecule has 52 heavy (non-hydrogen) atoms. The Labute approximate surface area is 309 Å². The smallest absolute Gasteiger partial charge is 0.0554 e. The molecule has 0 radical (unpaired) electrons. The third-order valence-corrected chi connectivity index (χ3v) is 13.7. The first-order chi connectivity index (χ1) is 25.5. The Morgan fingerprint density at radius 1 is 0.500 bits per heavy atom. The van der Waals surface area contributed by atoms with E-state index in [9.17, 15) is 0 Å². The lowest BCUT2D eigenvalue weighted by Gasteiger charge is -2.31. The zero-order chi connectivity index (χ0) is 34.6. The van der Waals surface area contributed by atoms with Crippen molar-refractivity contribution in [3.8, 4) is 33.4 Å². The molecular weight excluding hydrogens is 647 g/mol. The normalized spacial score (nSPS) is 15.9. The predicted molar refractivity (Wildman–Crippen MR) is 222 cm³/mol. The number of rotatable bonds is 4. The highest BCUT2D eigenvalue weighted by molar-refractivity contribution is 7.26. The minimum Gasteiger partial charge on any atom is -0.310 e. The van der Waals surface area contributed by atoms with Crippen molar-refractivity contribution in [2.45, 2.75) is 50.4 Å². The lowest BCUT2D eigenvalue weighted by atomic mass is 9.76. The standard InChI is InChI=1S/C50H39NS/c1-49(2)41-21-6-3-17-37(41)39-20-12-19-35(48(39)49)32-14-11-15-33(30-32)51(44-23-13-25-46-47(44)40-18-5-8-24-45(40)52-46)34-26-27-38-36-16-4-7-22-42(36)50(43(38)31-34)28-9-10-29-50/h3-8,11-27,30-31H,9-10,28-29H2,1-2H3. The summed E-state index contributed by atoms with van der Waals surface area (Å²) in [6.07, 6.45) is 5.01. The molecule has 1 spiro atoms. The third-order valence-electron chi connectivity index (χ3n) is 12.6. The van der Waals surface area contributed by atoms with Crippen molar-refractivity contribution in [1.82, 2.24) is 0 Å². The molecule has 1 saturated carbocycles. The van der Waals surface area contributed by atoms with Gasteiger partial charge in [0.2, 0.25) is 0 Å². The van der Waals surface area contributed by atoms with Crippen LogP contribution in [-0.4, -0.2) is 0 Å². The van der Waals surface area contributed by atoms with Gasteiger partial charge in [-0.3, -0.25) is 0 Å². The molecule has 0 atom stereocenters. The van der Waals surface area contributed by atoms with E-state index in [0.29, 0.717) is 0 Å². The Morgan fingerprint density at radius 2 is 1.13 bits per heavy atom. The Morgan fingerprint density at radius 3 is 2.00 bits per heavy atom. The SMILES string of the molecule is CC1(C)c2ccccc2-c2cccc(-c3cccc(N(c4ccc5c(c4)C4(CCCC4)c4ccccc4-5)c4cccc5sc6ccccc6c45)c3)c21. The number of benzene rings is 7. The van der Waals surface area contributed by atoms with Gasteiger partial charge in [0.25, 0.3) is 0 Å². The first-order valence-corrected chi connectivity index (χ1v) is 19.6. The van der Waals surface area contributed by atoms with Crippen LogP contribution in [0.4, 0.5) is 17.1 Å². The van der Waals surface area contributed by atoms with Crippen LogP contribution in [0.15, 0.2) is 152 Å². The molecule has 2 heteroatoms. The Bertz CT molecular complexity index is 2740. The molecule has 250 valence electrons. The predicted octanol–water partition coefficient (Wildman–Crippen LogP) is 14.3. The minimum absolute atomic E-state index is 0.0933. The van der Waals surface area contributed by atoms with Gasteiger partial charge in [-0.15, -0.1) is 11.3 Å². The Kier molecular flexibility index (Phi) is 6.41. The van der Waals surface area contributed by atoms with Gasteiger partial charge in [0.1, 0.15) is 0 Å². The lowest BCUT2D eigenvalue weighted by Crippen LogP contribution is -2.21. The molecule has 1 aromatic heterocycles. The summed E-state index contributed by atoms with van der Waals surface area (Å²) >= 11 is 1.89. The molecular formula is C50H39NS. The number of fused-ring (bicyclic) bond motifs is 11. The van der Waals surface area contributed by atoms with Gasteiger partial charge in [-0.2, -0.15) is 0 Å². The van der Waals surface area contributed by atoms with Crippen LogP contribution >= 0.6 is 11.3 Å². The van der Waals surface area contributed by atoms with E-state index < -0.39 is 0 Å². The zero-order valence-electron chi connectivity index (χ0n) is 29.6. The van der Waals surface area contributed by atoms with Crippen molar-refractivity contribution in [3.05, 3.63) is 174 Å². The second-order valence-electron chi connectivity index (χ2n) is 15.6. The summed E-state index contributed by atoms with van der Waals surface area (Å²) in [7, 11) is 0. The zero-order valence-corrected chi connectivity index (χ0v) is 30.4. The van der Waals surface area contributed by atoms with E-state index in [1.165, 1.54) is 119 Å². The van der Waals surface area contributed by atoms with Gasteiger partial charge in [-0.1, -0.05) is 136 Å². The highest BCUT2D eigenvalue weighted by Crippen LogP contribution is 2.58. The van der Waals surface area contributed by atoms with Crippen LogP contribution in [0.25, 0.3) is 53.6 Å². The van der Waals surface area contributed by atoms with E-state index in [0.717, 1.165) is 0 Å². The van der Waals surface area contributed by atoms with Gasteiger partial charge in [0.15, 0.2) is 0 Å². The maximum Gasteiger partial charge on any atom is 0.0554 e. The number of anilines is 3. The molecule has 3 aliphatic carbocycles. The lowest BCUT2D eigenvalue weighted by molar-refractivity contribution is 0.550. The number of hydrogen-bond acceptors (Lipinski definition) is 2. The van der Waals surface area contributed by atoms with Crippen LogP contribution in [0.3, 0.4) is 0 Å². The molecule has 11 rings (SSSR count). The topological polar surface area (TPSA) is 3.24 Å². The van der Waals surface area contributed by atoms with Crippen LogP contribution in [0.5, 0.6) is 0 Å². The van der Waals surface area contributed by atoms with Gasteiger partial charge in [-0.25, -0.2) is 0 Å². The van der Waals surface area contributed by atoms with Crippen molar-refractivity contribution in [3.63, 3.8) is 0 Å². The van der Waals surface area contributed by atoms with Gasteiger partial charge < -0.3 is 4.90 Å². The molecule has 8 aromatic rings. The summed E-state index contributed by atoms with van der Waals surface area (Å²) < 4.78 is 2.65. The highest BCUT2D eigenvalue weighted by atomic mass is 32.1. The molecule has 1 nitrogen and oxygen atoms in total. The van der Waals surface area contributed by atoms with Crippen molar-refractivity contribution < 1.29 is 0 Å². The minimum atomic E-state index is -0.0933. The van der Waals surface area contributed by atoms with E-state index >= 15 is 0 Å². The molecule has 0 bridgehead atoms. The van der Waals surface area contributed by atoms with Gasteiger partial charge in [-0.05, 0) is 111 Å². The van der Waals surface area contributed by atoms with Crippen LogP contribution in [0.1, 0.15) is 61.8 Å². The second kappa shape index (κ2) is 11.0. The van der Waals surface area contributed by atoms with Crippen molar-refractivity contribution >= 4 is 48.6 Å². The van der Waals surface area contributed by atoms with E-state index in [2.05, 4.69) is 170 Å². The first kappa shape index (κ1) is 30.2. The fraction of sp³-hybridized carbons (Fsp3) is 0.160. The largest absolute Gasteiger partial charge is 0.310 e. The van der Waals surface area contributed by atoms with E-state index in [-0.39, 0.29) is 10.8 Å². The average Bonchev–Trinajstić information content (AvgIpc) is 3.95. The fourth-order valence-electron chi connectivity index (χ4n) is 10.4. The molecule has 0 saturated heterocycles. The molecule has 1 heterocycles. The van der Waals surface area contributed by atoms with Crippen molar-refractivity contribution in [2.24, 2.45) is 0 Å². The molecule has 0 N–H and O–H groups in total. The van der Waals surface area contributed by atoms with Crippen LogP contribution in [-0.2, 0) is 10.8 Å². The molecule has 3 aliphatic rings. The maximum atomic E-state index is 2.56. The summed E-state index contributed by atoms with van der Waals surface area (Å²) in [6.45, 7) is 4.78. The maximum absolute atomic E-state index is 2.56. The van der Waals surface area contributed by atoms with Crippen LogP contribution < -0.4 is 4.90 Å². The second-order valence-corrected chi connectivity index (χ2v) is 16.7. The van der Waals surface area contributed by atoms with Gasteiger partial charge in [0, 0.05) is 42.4 Å². The molecule has 0 unspecified atom stereocenters. The monoisotopic (exact) mass is 685 g/mol. The third kappa shape index (κ3) is 4.10. The molecule has 0 aliphatic heterocycles. The summed E-state index contributed by atoms with van der Waals surface area (Å²) in [5.74, 6) is 0.